The summed E-state index contributed by atoms with van der Waals surface area (Å²) in [7, 11) is 0. The number of fused-ring (bicyclic) bond motifs is 4. The van der Waals surface area contributed by atoms with E-state index in [1.807, 2.05) is 13.8 Å². The second-order valence-electron chi connectivity index (χ2n) is 6.00. The van der Waals surface area contributed by atoms with Gasteiger partial charge in [-0.2, -0.15) is 0 Å². The molecule has 1 aliphatic carbocycles. The largest absolute Gasteiger partial charge is 0.488 e. The van der Waals surface area contributed by atoms with Gasteiger partial charge in [0.05, 0.1) is 18.8 Å². The van der Waals surface area contributed by atoms with E-state index < -0.39 is 17.4 Å². The number of esters is 1. The zero-order valence-corrected chi connectivity index (χ0v) is 11.9. The van der Waals surface area contributed by atoms with Crippen LogP contribution >= 0.6 is 0 Å². The molecular weight excluding hydrogens is 264 g/mol. The SMILES string of the molecule is CCOC(=O)/C=C1\O[C@@H]2C[C@@]1(O)C[C@H]1OC(C)(C)O[C@@H]21. The van der Waals surface area contributed by atoms with Gasteiger partial charge in [-0.15, -0.1) is 0 Å². The van der Waals surface area contributed by atoms with E-state index in [1.165, 1.54) is 6.08 Å². The molecule has 2 bridgehead atoms. The van der Waals surface area contributed by atoms with Crippen molar-refractivity contribution in [1.29, 1.82) is 0 Å². The Morgan fingerprint density at radius 3 is 2.80 bits per heavy atom. The van der Waals surface area contributed by atoms with Crippen molar-refractivity contribution < 1.29 is 28.8 Å². The van der Waals surface area contributed by atoms with E-state index in [2.05, 4.69) is 0 Å². The molecule has 3 aliphatic rings. The van der Waals surface area contributed by atoms with Crippen LogP contribution in [0.4, 0.5) is 0 Å². The molecule has 1 N–H and O–H groups in total. The van der Waals surface area contributed by atoms with Crippen molar-refractivity contribution in [3.63, 3.8) is 0 Å². The first-order chi connectivity index (χ1) is 9.33. The molecular formula is C14H20O6. The second-order valence-corrected chi connectivity index (χ2v) is 6.00. The molecule has 6 nitrogen and oxygen atoms in total. The monoisotopic (exact) mass is 284 g/mol. The minimum Gasteiger partial charge on any atom is -0.488 e. The highest BCUT2D eigenvalue weighted by atomic mass is 16.8. The average Bonchev–Trinajstić information content (AvgIpc) is 2.75. The lowest BCUT2D eigenvalue weighted by atomic mass is 9.81. The normalized spacial score (nSPS) is 43.2. The van der Waals surface area contributed by atoms with Crippen LogP contribution < -0.4 is 0 Å². The van der Waals surface area contributed by atoms with Gasteiger partial charge < -0.3 is 24.1 Å². The predicted octanol–water partition coefficient (Wildman–Crippen LogP) is 0.877. The van der Waals surface area contributed by atoms with Gasteiger partial charge in [-0.1, -0.05) is 0 Å². The summed E-state index contributed by atoms with van der Waals surface area (Å²) in [5.41, 5.74) is -1.16. The van der Waals surface area contributed by atoms with Crippen molar-refractivity contribution in [2.24, 2.45) is 0 Å². The van der Waals surface area contributed by atoms with Crippen molar-refractivity contribution in [3.8, 4) is 0 Å². The molecule has 20 heavy (non-hydrogen) atoms. The van der Waals surface area contributed by atoms with Gasteiger partial charge in [0.15, 0.2) is 5.79 Å². The van der Waals surface area contributed by atoms with Crippen LogP contribution in [0.1, 0.15) is 33.6 Å². The molecule has 0 amide bonds. The lowest BCUT2D eigenvalue weighted by Crippen LogP contribution is -2.45. The fourth-order valence-electron chi connectivity index (χ4n) is 3.24. The zero-order chi connectivity index (χ0) is 14.5. The minimum atomic E-state index is -1.16. The molecule has 4 atom stereocenters. The molecule has 112 valence electrons. The Kier molecular flexibility index (Phi) is 3.08. The van der Waals surface area contributed by atoms with Crippen LogP contribution in [0.3, 0.4) is 0 Å². The zero-order valence-electron chi connectivity index (χ0n) is 11.9. The van der Waals surface area contributed by atoms with Gasteiger partial charge in [0.1, 0.15) is 23.6 Å². The summed E-state index contributed by atoms with van der Waals surface area (Å²) in [6, 6.07) is 0. The van der Waals surface area contributed by atoms with Crippen molar-refractivity contribution in [2.75, 3.05) is 6.61 Å². The van der Waals surface area contributed by atoms with Crippen LogP contribution in [0, 0.1) is 0 Å². The molecule has 0 unspecified atom stereocenters. The summed E-state index contributed by atoms with van der Waals surface area (Å²) in [4.78, 5) is 11.5. The highest BCUT2D eigenvalue weighted by Gasteiger charge is 2.60. The summed E-state index contributed by atoms with van der Waals surface area (Å²) >= 11 is 0. The van der Waals surface area contributed by atoms with E-state index in [-0.39, 0.29) is 30.7 Å². The van der Waals surface area contributed by atoms with E-state index >= 15 is 0 Å². The van der Waals surface area contributed by atoms with Gasteiger partial charge in [-0.25, -0.2) is 4.79 Å². The third kappa shape index (κ3) is 2.21. The number of carbonyl (C=O) groups excluding carboxylic acids is 1. The summed E-state index contributed by atoms with van der Waals surface area (Å²) in [5.74, 6) is -0.902. The van der Waals surface area contributed by atoms with Crippen molar-refractivity contribution in [2.45, 2.75) is 63.3 Å². The number of carbonyl (C=O) groups is 1. The minimum absolute atomic E-state index is 0.210. The Morgan fingerprint density at radius 1 is 1.40 bits per heavy atom. The summed E-state index contributed by atoms with van der Waals surface area (Å²) in [6.45, 7) is 5.71. The topological polar surface area (TPSA) is 74.2 Å². The third-order valence-corrected chi connectivity index (χ3v) is 3.94. The molecule has 2 aliphatic heterocycles. The fraction of sp³-hybridized carbons (Fsp3) is 0.786. The maximum atomic E-state index is 11.5. The van der Waals surface area contributed by atoms with Crippen molar-refractivity contribution in [3.05, 3.63) is 11.8 Å². The molecule has 0 radical (unpaired) electrons. The Bertz CT molecular complexity index is 457. The van der Waals surface area contributed by atoms with Gasteiger partial charge in [-0.3, -0.25) is 0 Å². The Hall–Kier alpha value is -1.11. The number of ether oxygens (including phenoxy) is 4. The highest BCUT2D eigenvalue weighted by Crippen LogP contribution is 2.49. The van der Waals surface area contributed by atoms with Crippen LogP contribution in [-0.4, -0.2) is 47.4 Å². The molecule has 0 aromatic carbocycles. The molecule has 2 heterocycles. The first-order valence-electron chi connectivity index (χ1n) is 6.96. The number of hydrogen-bond donors (Lipinski definition) is 1. The Labute approximate surface area is 117 Å². The lowest BCUT2D eigenvalue weighted by Gasteiger charge is -2.30. The van der Waals surface area contributed by atoms with Gasteiger partial charge in [0.2, 0.25) is 0 Å². The third-order valence-electron chi connectivity index (χ3n) is 3.94. The second kappa shape index (κ2) is 4.44. The summed E-state index contributed by atoms with van der Waals surface area (Å²) in [5, 5.41) is 10.7. The maximum absolute atomic E-state index is 11.5. The van der Waals surface area contributed by atoms with E-state index in [4.69, 9.17) is 18.9 Å². The molecule has 6 heteroatoms. The first kappa shape index (κ1) is 13.9. The van der Waals surface area contributed by atoms with Crippen LogP contribution in [-0.2, 0) is 23.7 Å². The fourth-order valence-corrected chi connectivity index (χ4v) is 3.24. The standard InChI is InChI=1S/C14H20O6/c1-4-17-11(15)5-10-14(16)6-8(18-10)12-9(7-14)19-13(2,3)20-12/h5,8-9,12,16H,4,6-7H2,1-3H3/b10-5-/t8-,9-,12+,14-/m1/s1. The van der Waals surface area contributed by atoms with Gasteiger partial charge in [-0.05, 0) is 20.8 Å². The van der Waals surface area contributed by atoms with Gasteiger partial charge in [0, 0.05) is 12.8 Å². The quantitative estimate of drug-likeness (QED) is 0.599. The van der Waals surface area contributed by atoms with Crippen LogP contribution in [0.5, 0.6) is 0 Å². The Morgan fingerprint density at radius 2 is 2.10 bits per heavy atom. The smallest absolute Gasteiger partial charge is 0.334 e. The van der Waals surface area contributed by atoms with E-state index in [1.54, 1.807) is 6.92 Å². The van der Waals surface area contributed by atoms with E-state index in [0.717, 1.165) is 0 Å². The number of rotatable bonds is 2. The van der Waals surface area contributed by atoms with Crippen molar-refractivity contribution in [1.82, 2.24) is 0 Å². The molecule has 0 spiro atoms. The number of aliphatic hydroxyl groups is 1. The molecule has 1 saturated carbocycles. The van der Waals surface area contributed by atoms with Crippen LogP contribution in [0.2, 0.25) is 0 Å². The van der Waals surface area contributed by atoms with Crippen molar-refractivity contribution >= 4 is 5.97 Å². The molecule has 3 rings (SSSR count). The predicted molar refractivity (Wildman–Crippen MR) is 67.6 cm³/mol. The van der Waals surface area contributed by atoms with E-state index in [9.17, 15) is 9.90 Å². The van der Waals surface area contributed by atoms with Crippen LogP contribution in [0.25, 0.3) is 0 Å². The highest BCUT2D eigenvalue weighted by molar-refractivity contribution is 5.82. The average molecular weight is 284 g/mol. The van der Waals surface area contributed by atoms with Crippen LogP contribution in [0.15, 0.2) is 11.8 Å². The Balaban J connectivity index is 1.81. The summed E-state index contributed by atoms with van der Waals surface area (Å²) < 4.78 is 22.2. The summed E-state index contributed by atoms with van der Waals surface area (Å²) in [6.07, 6.45) is 1.29. The molecule has 3 fully saturated rings. The van der Waals surface area contributed by atoms with E-state index in [0.29, 0.717) is 12.8 Å². The van der Waals surface area contributed by atoms with Gasteiger partial charge >= 0.3 is 5.97 Å². The number of hydrogen-bond acceptors (Lipinski definition) is 6. The molecule has 0 aromatic rings. The lowest BCUT2D eigenvalue weighted by molar-refractivity contribution is -0.155. The maximum Gasteiger partial charge on any atom is 0.334 e. The van der Waals surface area contributed by atoms with Gasteiger partial charge in [0.25, 0.3) is 0 Å². The first-order valence-corrected chi connectivity index (χ1v) is 6.96. The molecule has 0 aromatic heterocycles. The molecule has 2 saturated heterocycles.